The smallest absolute Gasteiger partial charge is 0.130 e. The topological polar surface area (TPSA) is 33.1 Å². The number of phenols is 1. The van der Waals surface area contributed by atoms with Crippen molar-refractivity contribution < 1.29 is 5.11 Å². The zero-order valence-electron chi connectivity index (χ0n) is 11.6. The van der Waals surface area contributed by atoms with Crippen LogP contribution in [0.2, 0.25) is 5.15 Å². The number of aromatic nitrogens is 1. The SMILES string of the molecule is Oc1ccc2ccccc2c1-c1nc(Cl)cc2ccccc12. The van der Waals surface area contributed by atoms with Gasteiger partial charge in [0.15, 0.2) is 0 Å². The standard InChI is InChI=1S/C19H12ClNO/c20-17-11-13-6-2-4-8-15(13)19(21-17)18-14-7-3-1-5-12(14)9-10-16(18)22/h1-11,22H. The molecule has 0 bridgehead atoms. The van der Waals surface area contributed by atoms with Crippen LogP contribution in [-0.4, -0.2) is 10.1 Å². The highest BCUT2D eigenvalue weighted by atomic mass is 35.5. The summed E-state index contributed by atoms with van der Waals surface area (Å²) in [6.45, 7) is 0. The number of fused-ring (bicyclic) bond motifs is 2. The van der Waals surface area contributed by atoms with Gasteiger partial charge in [-0.05, 0) is 28.3 Å². The lowest BCUT2D eigenvalue weighted by Crippen LogP contribution is -1.90. The summed E-state index contributed by atoms with van der Waals surface area (Å²) in [5.41, 5.74) is 1.43. The third kappa shape index (κ3) is 2.00. The summed E-state index contributed by atoms with van der Waals surface area (Å²) in [4.78, 5) is 4.49. The molecular weight excluding hydrogens is 294 g/mol. The molecule has 3 heteroatoms. The number of hydrogen-bond donors (Lipinski definition) is 1. The molecule has 4 aromatic rings. The van der Waals surface area contributed by atoms with Gasteiger partial charge >= 0.3 is 0 Å². The van der Waals surface area contributed by atoms with Crippen LogP contribution in [0.5, 0.6) is 5.75 Å². The molecule has 0 fully saturated rings. The van der Waals surface area contributed by atoms with Crippen LogP contribution in [-0.2, 0) is 0 Å². The molecule has 0 amide bonds. The van der Waals surface area contributed by atoms with Gasteiger partial charge in [0.25, 0.3) is 0 Å². The molecule has 1 heterocycles. The average molecular weight is 306 g/mol. The van der Waals surface area contributed by atoms with Crippen LogP contribution in [0.15, 0.2) is 66.7 Å². The van der Waals surface area contributed by atoms with Crippen LogP contribution in [0.3, 0.4) is 0 Å². The molecule has 2 nitrogen and oxygen atoms in total. The molecule has 106 valence electrons. The molecule has 0 aliphatic rings. The highest BCUT2D eigenvalue weighted by molar-refractivity contribution is 6.30. The van der Waals surface area contributed by atoms with Crippen molar-refractivity contribution in [3.05, 3.63) is 71.9 Å². The maximum atomic E-state index is 10.4. The zero-order valence-corrected chi connectivity index (χ0v) is 12.4. The number of pyridine rings is 1. The van der Waals surface area contributed by atoms with E-state index in [2.05, 4.69) is 4.98 Å². The van der Waals surface area contributed by atoms with Gasteiger partial charge in [-0.1, -0.05) is 66.2 Å². The number of benzene rings is 3. The Kier molecular flexibility index (Phi) is 2.98. The third-order valence-corrected chi connectivity index (χ3v) is 4.05. The molecule has 0 saturated carbocycles. The normalized spacial score (nSPS) is 11.1. The molecule has 0 radical (unpaired) electrons. The Hall–Kier alpha value is -2.58. The van der Waals surface area contributed by atoms with E-state index in [4.69, 9.17) is 11.6 Å². The van der Waals surface area contributed by atoms with E-state index in [1.54, 1.807) is 6.07 Å². The zero-order chi connectivity index (χ0) is 15.1. The molecule has 0 aliphatic carbocycles. The number of hydrogen-bond acceptors (Lipinski definition) is 2. The lowest BCUT2D eigenvalue weighted by Gasteiger charge is -2.12. The first-order valence-electron chi connectivity index (χ1n) is 7.00. The van der Waals surface area contributed by atoms with Crippen molar-refractivity contribution in [2.24, 2.45) is 0 Å². The van der Waals surface area contributed by atoms with E-state index in [9.17, 15) is 5.11 Å². The van der Waals surface area contributed by atoms with E-state index < -0.39 is 0 Å². The summed E-state index contributed by atoms with van der Waals surface area (Å²) in [6.07, 6.45) is 0. The Labute approximate surface area is 132 Å². The first-order valence-corrected chi connectivity index (χ1v) is 7.38. The second-order valence-electron chi connectivity index (χ2n) is 5.20. The van der Waals surface area contributed by atoms with E-state index in [1.165, 1.54) is 0 Å². The summed E-state index contributed by atoms with van der Waals surface area (Å²) in [5.74, 6) is 0.207. The van der Waals surface area contributed by atoms with Crippen LogP contribution < -0.4 is 0 Å². The minimum absolute atomic E-state index is 0.207. The molecule has 0 spiro atoms. The van der Waals surface area contributed by atoms with E-state index in [0.29, 0.717) is 10.8 Å². The van der Waals surface area contributed by atoms with Gasteiger partial charge in [-0.3, -0.25) is 0 Å². The van der Waals surface area contributed by atoms with Crippen LogP contribution in [0.25, 0.3) is 32.8 Å². The second kappa shape index (κ2) is 5.00. The highest BCUT2D eigenvalue weighted by Gasteiger charge is 2.14. The molecule has 0 aliphatic heterocycles. The fourth-order valence-corrected chi connectivity index (χ4v) is 3.07. The van der Waals surface area contributed by atoms with Crippen molar-refractivity contribution in [2.45, 2.75) is 0 Å². The van der Waals surface area contributed by atoms with Gasteiger partial charge in [-0.25, -0.2) is 4.98 Å². The van der Waals surface area contributed by atoms with Crippen molar-refractivity contribution in [1.29, 1.82) is 0 Å². The second-order valence-corrected chi connectivity index (χ2v) is 5.58. The molecule has 0 atom stereocenters. The Balaban J connectivity index is 2.18. The van der Waals surface area contributed by atoms with E-state index >= 15 is 0 Å². The largest absolute Gasteiger partial charge is 0.507 e. The minimum atomic E-state index is 0.207. The predicted octanol–water partition coefficient (Wildman–Crippen LogP) is 5.41. The van der Waals surface area contributed by atoms with Crippen molar-refractivity contribution in [3.63, 3.8) is 0 Å². The fraction of sp³-hybridized carbons (Fsp3) is 0. The fourth-order valence-electron chi connectivity index (χ4n) is 2.87. The highest BCUT2D eigenvalue weighted by Crippen LogP contribution is 2.39. The van der Waals surface area contributed by atoms with Gasteiger partial charge in [0.2, 0.25) is 0 Å². The first kappa shape index (κ1) is 13.1. The van der Waals surface area contributed by atoms with Crippen molar-refractivity contribution in [1.82, 2.24) is 4.98 Å². The third-order valence-electron chi connectivity index (χ3n) is 3.85. The van der Waals surface area contributed by atoms with Crippen LogP contribution in [0.4, 0.5) is 0 Å². The van der Waals surface area contributed by atoms with E-state index in [-0.39, 0.29) is 5.75 Å². The number of phenolic OH excluding ortho intramolecular Hbond substituents is 1. The molecule has 22 heavy (non-hydrogen) atoms. The van der Waals surface area contributed by atoms with Crippen LogP contribution in [0.1, 0.15) is 0 Å². The van der Waals surface area contributed by atoms with Crippen molar-refractivity contribution in [2.75, 3.05) is 0 Å². The van der Waals surface area contributed by atoms with E-state index in [1.807, 2.05) is 60.7 Å². The quantitative estimate of drug-likeness (QED) is 0.477. The van der Waals surface area contributed by atoms with Gasteiger partial charge < -0.3 is 5.11 Å². The maximum Gasteiger partial charge on any atom is 0.130 e. The van der Waals surface area contributed by atoms with Crippen LogP contribution in [0, 0.1) is 0 Å². The number of rotatable bonds is 1. The number of aromatic hydroxyl groups is 1. The molecule has 1 N–H and O–H groups in total. The van der Waals surface area contributed by atoms with Gasteiger partial charge in [0.05, 0.1) is 11.3 Å². The van der Waals surface area contributed by atoms with Gasteiger partial charge in [-0.2, -0.15) is 0 Å². The molecule has 1 aromatic heterocycles. The lowest BCUT2D eigenvalue weighted by molar-refractivity contribution is 0.478. The maximum absolute atomic E-state index is 10.4. The molecule has 4 rings (SSSR count). The molecule has 0 unspecified atom stereocenters. The average Bonchev–Trinajstić information content (AvgIpc) is 2.54. The Bertz CT molecular complexity index is 1010. The Morgan fingerprint density at radius 1 is 0.773 bits per heavy atom. The number of nitrogens with zero attached hydrogens (tertiary/aromatic N) is 1. The Morgan fingerprint density at radius 2 is 1.45 bits per heavy atom. The molecule has 0 saturated heterocycles. The summed E-state index contributed by atoms with van der Waals surface area (Å²) < 4.78 is 0. The lowest BCUT2D eigenvalue weighted by atomic mass is 9.97. The molecular formula is C19H12ClNO. The van der Waals surface area contributed by atoms with Gasteiger partial charge in [0, 0.05) is 5.39 Å². The van der Waals surface area contributed by atoms with E-state index in [0.717, 1.165) is 27.1 Å². The summed E-state index contributed by atoms with van der Waals surface area (Å²) >= 11 is 6.18. The van der Waals surface area contributed by atoms with Crippen molar-refractivity contribution >= 4 is 33.1 Å². The van der Waals surface area contributed by atoms with Crippen molar-refractivity contribution in [3.8, 4) is 17.0 Å². The van der Waals surface area contributed by atoms with Gasteiger partial charge in [-0.15, -0.1) is 0 Å². The predicted molar refractivity (Wildman–Crippen MR) is 91.4 cm³/mol. The summed E-state index contributed by atoms with van der Waals surface area (Å²) in [6, 6.07) is 21.3. The summed E-state index contributed by atoms with van der Waals surface area (Å²) in [5, 5.41) is 14.8. The molecule has 3 aromatic carbocycles. The minimum Gasteiger partial charge on any atom is -0.507 e. The van der Waals surface area contributed by atoms with Gasteiger partial charge in [0.1, 0.15) is 10.9 Å². The number of halogens is 1. The summed E-state index contributed by atoms with van der Waals surface area (Å²) in [7, 11) is 0. The monoisotopic (exact) mass is 305 g/mol. The van der Waals surface area contributed by atoms with Crippen LogP contribution >= 0.6 is 11.6 Å². The first-order chi connectivity index (χ1) is 10.7. The Morgan fingerprint density at radius 3 is 2.27 bits per heavy atom.